The van der Waals surface area contributed by atoms with E-state index in [0.717, 1.165) is 11.3 Å². The topological polar surface area (TPSA) is 70.4 Å². The first-order chi connectivity index (χ1) is 12.9. The lowest BCUT2D eigenvalue weighted by Gasteiger charge is -2.02. The molecule has 6 nitrogen and oxygen atoms in total. The van der Waals surface area contributed by atoms with E-state index in [0.29, 0.717) is 33.1 Å². The van der Waals surface area contributed by atoms with E-state index < -0.39 is 0 Å². The van der Waals surface area contributed by atoms with Crippen molar-refractivity contribution in [2.24, 2.45) is 7.05 Å². The molecule has 4 rings (SSSR count). The number of halogens is 3. The van der Waals surface area contributed by atoms with E-state index in [9.17, 15) is 4.79 Å². The summed E-state index contributed by atoms with van der Waals surface area (Å²) >= 11 is 11.9. The van der Waals surface area contributed by atoms with Crippen molar-refractivity contribution in [2.45, 2.75) is 6.54 Å². The van der Waals surface area contributed by atoms with E-state index >= 15 is 0 Å². The molecule has 28 heavy (non-hydrogen) atoms. The first kappa shape index (κ1) is 20.5. The highest BCUT2D eigenvalue weighted by Gasteiger charge is 2.22. The van der Waals surface area contributed by atoms with Crippen LogP contribution in [0.4, 0.5) is 5.95 Å². The Kier molecular flexibility index (Phi) is 5.88. The molecule has 0 bridgehead atoms. The third-order valence-electron chi connectivity index (χ3n) is 4.50. The number of aromatic nitrogens is 2. The molecule has 0 radical (unpaired) electrons. The molecule has 9 heteroatoms. The molecule has 2 N–H and O–H groups in total. The number of rotatable bonds is 4. The van der Waals surface area contributed by atoms with Crippen LogP contribution >= 0.6 is 23.2 Å². The van der Waals surface area contributed by atoms with E-state index in [4.69, 9.17) is 38.4 Å². The van der Waals surface area contributed by atoms with E-state index in [1.54, 1.807) is 22.8 Å². The van der Waals surface area contributed by atoms with E-state index in [2.05, 4.69) is 0 Å². The molecule has 3 aromatic rings. The zero-order chi connectivity index (χ0) is 19.1. The molecule has 0 unspecified atom stereocenters. The highest BCUT2D eigenvalue weighted by atomic mass is 79.9. The van der Waals surface area contributed by atoms with Gasteiger partial charge >= 0.3 is 5.95 Å². The average Bonchev–Trinajstić information content (AvgIpc) is 3.23. The van der Waals surface area contributed by atoms with Crippen LogP contribution in [0.5, 0.6) is 11.5 Å². The molecule has 0 aliphatic carbocycles. The summed E-state index contributed by atoms with van der Waals surface area (Å²) in [7, 11) is 1.84. The maximum atomic E-state index is 12.6. The Hall–Kier alpha value is -2.22. The van der Waals surface area contributed by atoms with Gasteiger partial charge in [-0.1, -0.05) is 23.2 Å². The molecule has 0 saturated carbocycles. The van der Waals surface area contributed by atoms with Crippen LogP contribution < -0.4 is 36.8 Å². The zero-order valence-corrected chi connectivity index (χ0v) is 17.9. The Balaban J connectivity index is 0.00000225. The number of nitrogen functional groups attached to an aromatic ring is 1. The summed E-state index contributed by atoms with van der Waals surface area (Å²) in [6.45, 7) is 0.300. The highest BCUT2D eigenvalue weighted by Crippen LogP contribution is 2.35. The van der Waals surface area contributed by atoms with Crippen molar-refractivity contribution in [2.75, 3.05) is 12.5 Å². The predicted octanol–water partition coefficient (Wildman–Crippen LogP) is 0.484. The van der Waals surface area contributed by atoms with E-state index in [-0.39, 0.29) is 36.1 Å². The monoisotopic (exact) mass is 483 g/mol. The van der Waals surface area contributed by atoms with E-state index in [1.807, 2.05) is 36.0 Å². The van der Waals surface area contributed by atoms with Crippen LogP contribution in [-0.4, -0.2) is 17.1 Å². The Morgan fingerprint density at radius 2 is 1.89 bits per heavy atom. The maximum absolute atomic E-state index is 12.6. The van der Waals surface area contributed by atoms with Crippen LogP contribution in [0.25, 0.3) is 11.3 Å². The second-order valence-corrected chi connectivity index (χ2v) is 6.99. The van der Waals surface area contributed by atoms with Crippen molar-refractivity contribution in [3.63, 3.8) is 0 Å². The molecule has 0 fully saturated rings. The molecule has 2 heterocycles. The van der Waals surface area contributed by atoms with Gasteiger partial charge in [-0.05, 0) is 36.4 Å². The molecule has 146 valence electrons. The SMILES string of the molecule is Cn1c(-c2ccc3c(c2)OCO3)c[n+](CC(=O)c2ccc(Cl)c(Cl)c2)c1N.[Br-]. The van der Waals surface area contributed by atoms with Crippen LogP contribution in [0.15, 0.2) is 42.6 Å². The van der Waals surface area contributed by atoms with Crippen LogP contribution in [-0.2, 0) is 13.6 Å². The van der Waals surface area contributed by atoms with Gasteiger partial charge in [-0.2, -0.15) is 0 Å². The van der Waals surface area contributed by atoms with Gasteiger partial charge in [0.05, 0.1) is 17.1 Å². The lowest BCUT2D eigenvalue weighted by Crippen LogP contribution is -3.00. The lowest BCUT2D eigenvalue weighted by molar-refractivity contribution is -0.667. The predicted molar refractivity (Wildman–Crippen MR) is 102 cm³/mol. The minimum Gasteiger partial charge on any atom is -1.00 e. The second kappa shape index (κ2) is 8.03. The summed E-state index contributed by atoms with van der Waals surface area (Å²) in [5, 5.41) is 0.750. The molecule has 1 aromatic heterocycles. The number of nitrogens with two attached hydrogens (primary N) is 1. The molecule has 0 spiro atoms. The number of Topliss-reactive ketones (excluding diaryl/α,β-unsaturated/α-hetero) is 1. The third kappa shape index (κ3) is 3.70. The fraction of sp³-hybridized carbons (Fsp3) is 0.158. The number of hydrogen-bond acceptors (Lipinski definition) is 4. The summed E-state index contributed by atoms with van der Waals surface area (Å²) in [5.41, 5.74) is 8.45. The van der Waals surface area contributed by atoms with Gasteiger partial charge in [0.15, 0.2) is 17.3 Å². The Morgan fingerprint density at radius 3 is 2.64 bits per heavy atom. The number of carbonyl (C=O) groups excluding carboxylic acids is 1. The van der Waals surface area contributed by atoms with Crippen molar-refractivity contribution < 1.29 is 35.8 Å². The number of hydrogen-bond donors (Lipinski definition) is 1. The molecule has 0 saturated heterocycles. The van der Waals surface area contributed by atoms with Crippen LogP contribution in [0, 0.1) is 0 Å². The van der Waals surface area contributed by atoms with Crippen molar-refractivity contribution in [3.8, 4) is 22.8 Å². The summed E-state index contributed by atoms with van der Waals surface area (Å²) in [6.07, 6.45) is 1.84. The van der Waals surface area contributed by atoms with Gasteiger partial charge in [-0.3, -0.25) is 10.5 Å². The standard InChI is InChI=1S/C19H15Cl2N3O3.BrH/c1-23-15(11-3-5-17-18(7-11)27-10-26-17)8-24(19(23)22)9-16(25)12-2-4-13(20)14(21)6-12;/h2-8,22H,9-10H2,1H3;1H. The van der Waals surface area contributed by atoms with Crippen LogP contribution in [0.1, 0.15) is 10.4 Å². The number of fused-ring (bicyclic) bond motifs is 1. The van der Waals surface area contributed by atoms with Crippen molar-refractivity contribution in [3.05, 3.63) is 58.2 Å². The number of benzene rings is 2. The molecular formula is C19H16BrCl2N3O3. The third-order valence-corrected chi connectivity index (χ3v) is 5.24. The molecule has 2 aromatic carbocycles. The number of imidazole rings is 1. The summed E-state index contributed by atoms with van der Waals surface area (Å²) in [6, 6.07) is 10.5. The van der Waals surface area contributed by atoms with Crippen LogP contribution in [0.2, 0.25) is 10.0 Å². The molecule has 0 atom stereocenters. The minimum atomic E-state index is -0.117. The van der Waals surface area contributed by atoms with Gasteiger partial charge in [-0.15, -0.1) is 0 Å². The average molecular weight is 485 g/mol. The Bertz CT molecular complexity index is 1070. The molecule has 1 aliphatic heterocycles. The smallest absolute Gasteiger partial charge is 0.355 e. The summed E-state index contributed by atoms with van der Waals surface area (Å²) in [5.74, 6) is 1.73. The Morgan fingerprint density at radius 1 is 1.14 bits per heavy atom. The van der Waals surface area contributed by atoms with Crippen molar-refractivity contribution in [1.82, 2.24) is 4.57 Å². The summed E-state index contributed by atoms with van der Waals surface area (Å²) in [4.78, 5) is 12.6. The number of nitrogens with zero attached hydrogens (tertiary/aromatic N) is 2. The second-order valence-electron chi connectivity index (χ2n) is 6.18. The van der Waals surface area contributed by atoms with Gasteiger partial charge in [0.1, 0.15) is 18.4 Å². The largest absolute Gasteiger partial charge is 1.00 e. The lowest BCUT2D eigenvalue weighted by atomic mass is 10.1. The van der Waals surface area contributed by atoms with Gasteiger partial charge < -0.3 is 26.5 Å². The first-order valence-electron chi connectivity index (χ1n) is 8.17. The van der Waals surface area contributed by atoms with Crippen LogP contribution in [0.3, 0.4) is 0 Å². The fourth-order valence-corrected chi connectivity index (χ4v) is 3.28. The van der Waals surface area contributed by atoms with E-state index in [1.165, 1.54) is 0 Å². The number of carbonyl (C=O) groups is 1. The van der Waals surface area contributed by atoms with Gasteiger partial charge in [-0.25, -0.2) is 9.13 Å². The fourth-order valence-electron chi connectivity index (χ4n) is 2.98. The highest BCUT2D eigenvalue weighted by molar-refractivity contribution is 6.42. The van der Waals surface area contributed by atoms with Crippen molar-refractivity contribution in [1.29, 1.82) is 0 Å². The van der Waals surface area contributed by atoms with Gasteiger partial charge in [0, 0.05) is 11.1 Å². The van der Waals surface area contributed by atoms with Crippen molar-refractivity contribution >= 4 is 34.9 Å². The number of ether oxygens (including phenoxy) is 2. The molecule has 0 amide bonds. The van der Waals surface area contributed by atoms with Gasteiger partial charge in [0.2, 0.25) is 6.79 Å². The minimum absolute atomic E-state index is 0. The molecule has 1 aliphatic rings. The molecular weight excluding hydrogens is 469 g/mol. The maximum Gasteiger partial charge on any atom is 0.355 e. The Labute approximate surface area is 182 Å². The first-order valence-corrected chi connectivity index (χ1v) is 8.92. The normalized spacial score (nSPS) is 12.0. The number of anilines is 1. The zero-order valence-electron chi connectivity index (χ0n) is 14.8. The summed E-state index contributed by atoms with van der Waals surface area (Å²) < 4.78 is 14.3. The van der Waals surface area contributed by atoms with Gasteiger partial charge in [0.25, 0.3) is 0 Å². The number of ketones is 1. The quantitative estimate of drug-likeness (QED) is 0.432.